The van der Waals surface area contributed by atoms with Crippen molar-refractivity contribution in [2.24, 2.45) is 39.3 Å². The number of nitrogens with zero attached hydrogens (tertiary/aromatic N) is 3. The van der Waals surface area contributed by atoms with Crippen LogP contribution in [0.15, 0.2) is 29.3 Å². The Balaban J connectivity index is 2.45. The number of carboxylic acids is 4. The summed E-state index contributed by atoms with van der Waals surface area (Å²) < 4.78 is 0. The highest BCUT2D eigenvalue weighted by Gasteiger charge is 2.45. The van der Waals surface area contributed by atoms with Gasteiger partial charge in [0, 0.05) is 33.0 Å². The molecule has 1 aromatic rings. The molecule has 0 saturated carbocycles. The first-order valence-corrected chi connectivity index (χ1v) is 25.8. The topological polar surface area (TPSA) is 518 Å². The lowest BCUT2D eigenvalue weighted by Crippen LogP contribution is -2.62. The number of phenolic OH excluding ortho intramolecular Hbond substituents is 1. The SMILES string of the molecule is CC(C)C[C@H](NC(=O)[C@@H](N(C)C(=O)[C@@H]1CCCN1C(=O)[C@H](CC(=O)O)NC(=O)[C@H](CC(N)=O)NC(=O)[C@H](CCCN=C(N)N)NC(=O)[C@H](CC(=O)O)NC(=O)[C@@H](N)CCC(=O)O)C(C)(C)C)C(=O)N[C@@H](Cc1ccc(O)cc1)C(=O)O. The minimum Gasteiger partial charge on any atom is -0.508 e. The molecule has 0 bridgehead atoms. The van der Waals surface area contributed by atoms with Crippen LogP contribution in [0.5, 0.6) is 5.75 Å². The van der Waals surface area contributed by atoms with Gasteiger partial charge in [-0.2, -0.15) is 0 Å². The summed E-state index contributed by atoms with van der Waals surface area (Å²) in [5.74, 6) is -16.3. The predicted octanol–water partition coefficient (Wildman–Crippen LogP) is -4.09. The second-order valence-corrected chi connectivity index (χ2v) is 21.0. The molecule has 0 spiro atoms. The molecule has 450 valence electrons. The lowest BCUT2D eigenvalue weighted by Gasteiger charge is -2.40. The number of nitrogens with two attached hydrogens (primary N) is 4. The van der Waals surface area contributed by atoms with E-state index in [9.17, 15) is 82.8 Å². The standard InChI is InChI=1S/C50H77N13O18/c1-24(2)19-29(42(74)61-33(48(80)81)20-25-11-13-26(64)14-12-25)59-45(77)39(50(3,4)5)62(6)47(79)34-10-8-18-63(34)46(78)32(23-38(70)71)60-43(75)30(21-35(52)65)58-41(73)28(9-7-17-55-49(53)54)56-44(76)31(22-37(68)69)57-40(72)27(51)15-16-36(66)67/h11-14,24,27-34,39,64H,7-10,15-23,51H2,1-6H3,(H2,52,65)(H,56,76)(H,57,72)(H,58,73)(H,59,77)(H,60,75)(H,61,74)(H,66,67)(H,68,69)(H,70,71)(H,80,81)(H4,53,54,55)/t27-,28-,29-,30-,31-,32-,33-,34-,39+/m0/s1. The summed E-state index contributed by atoms with van der Waals surface area (Å²) in [7, 11) is 1.28. The zero-order valence-electron chi connectivity index (χ0n) is 46.0. The number of benzene rings is 1. The molecule has 0 aliphatic carbocycles. The minimum atomic E-state index is -2.00. The van der Waals surface area contributed by atoms with Gasteiger partial charge >= 0.3 is 23.9 Å². The highest BCUT2D eigenvalue weighted by Crippen LogP contribution is 2.28. The monoisotopic (exact) mass is 1150 g/mol. The maximum absolute atomic E-state index is 14.5. The van der Waals surface area contributed by atoms with Gasteiger partial charge in [0.05, 0.1) is 25.3 Å². The molecule has 31 heteroatoms. The van der Waals surface area contributed by atoms with Crippen LogP contribution in [-0.4, -0.2) is 193 Å². The number of nitrogens with one attached hydrogen (secondary N) is 6. The smallest absolute Gasteiger partial charge is 0.326 e. The molecule has 1 aliphatic heterocycles. The van der Waals surface area contributed by atoms with Gasteiger partial charge in [0.25, 0.3) is 0 Å². The van der Waals surface area contributed by atoms with Crippen molar-refractivity contribution < 1.29 is 87.9 Å². The van der Waals surface area contributed by atoms with Gasteiger partial charge < -0.3 is 90.2 Å². The van der Waals surface area contributed by atoms with Crippen LogP contribution >= 0.6 is 0 Å². The number of guanidine groups is 1. The Hall–Kier alpha value is -8.64. The first kappa shape index (κ1) is 68.5. The Morgan fingerprint density at radius 3 is 1.68 bits per heavy atom. The Kier molecular flexibility index (Phi) is 26.9. The average Bonchev–Trinajstić information content (AvgIpc) is 3.84. The van der Waals surface area contributed by atoms with E-state index in [1.165, 1.54) is 31.3 Å². The van der Waals surface area contributed by atoms with Crippen LogP contribution in [0.4, 0.5) is 0 Å². The third kappa shape index (κ3) is 23.3. The summed E-state index contributed by atoms with van der Waals surface area (Å²) in [6.07, 6.45) is -4.52. The van der Waals surface area contributed by atoms with E-state index in [4.69, 9.17) is 28.0 Å². The minimum absolute atomic E-state index is 0.0116. The molecule has 0 radical (unpaired) electrons. The summed E-state index contributed by atoms with van der Waals surface area (Å²) in [4.78, 5) is 177. The quantitative estimate of drug-likeness (QED) is 0.0181. The normalized spacial score (nSPS) is 16.0. The molecule has 1 aromatic carbocycles. The zero-order valence-corrected chi connectivity index (χ0v) is 46.0. The molecule has 0 aromatic heterocycles. The number of phenols is 1. The number of amides is 9. The van der Waals surface area contributed by atoms with E-state index in [0.717, 1.165) is 9.80 Å². The van der Waals surface area contributed by atoms with Gasteiger partial charge in [-0.25, -0.2) is 4.79 Å². The molecular weight excluding hydrogens is 1070 g/mol. The molecule has 1 fully saturated rings. The van der Waals surface area contributed by atoms with E-state index in [-0.39, 0.29) is 69.2 Å². The average molecular weight is 1150 g/mol. The summed E-state index contributed by atoms with van der Waals surface area (Å²) in [6, 6.07) is -8.93. The first-order valence-electron chi connectivity index (χ1n) is 25.8. The Morgan fingerprint density at radius 1 is 0.667 bits per heavy atom. The molecule has 19 N–H and O–H groups in total. The van der Waals surface area contributed by atoms with Gasteiger partial charge in [-0.15, -0.1) is 0 Å². The van der Waals surface area contributed by atoms with Crippen molar-refractivity contribution in [1.82, 2.24) is 41.7 Å². The van der Waals surface area contributed by atoms with Crippen molar-refractivity contribution in [3.8, 4) is 5.75 Å². The summed E-state index contributed by atoms with van der Waals surface area (Å²) in [5.41, 5.74) is 21.3. The number of carbonyl (C=O) groups excluding carboxylic acids is 9. The molecule has 31 nitrogen and oxygen atoms in total. The molecule has 9 atom stereocenters. The summed E-state index contributed by atoms with van der Waals surface area (Å²) in [6.45, 7) is 8.09. The van der Waals surface area contributed by atoms with E-state index < -0.39 is 169 Å². The third-order valence-electron chi connectivity index (χ3n) is 12.6. The fourth-order valence-electron chi connectivity index (χ4n) is 8.74. The number of aliphatic carboxylic acids is 4. The molecule has 9 amide bonds. The highest BCUT2D eigenvalue weighted by atomic mass is 16.4. The number of likely N-dealkylation sites (N-methyl/N-ethyl adjacent to an activating group) is 1. The Morgan fingerprint density at radius 2 is 1.16 bits per heavy atom. The van der Waals surface area contributed by atoms with Crippen LogP contribution in [0.1, 0.15) is 104 Å². The van der Waals surface area contributed by atoms with E-state index in [0.29, 0.717) is 5.56 Å². The van der Waals surface area contributed by atoms with Gasteiger partial charge in [-0.05, 0) is 67.6 Å². The first-order chi connectivity index (χ1) is 37.6. The van der Waals surface area contributed by atoms with Gasteiger partial charge in [0.2, 0.25) is 53.2 Å². The van der Waals surface area contributed by atoms with Crippen LogP contribution in [0.25, 0.3) is 0 Å². The van der Waals surface area contributed by atoms with Crippen molar-refractivity contribution in [1.29, 1.82) is 0 Å². The molecule has 81 heavy (non-hydrogen) atoms. The van der Waals surface area contributed by atoms with Crippen LogP contribution in [-0.2, 0) is 68.7 Å². The summed E-state index contributed by atoms with van der Waals surface area (Å²) >= 11 is 0. The number of likely N-dealkylation sites (tertiary alicyclic amines) is 1. The molecule has 2 rings (SSSR count). The molecule has 1 saturated heterocycles. The van der Waals surface area contributed by atoms with Crippen LogP contribution in [0.2, 0.25) is 0 Å². The second kappa shape index (κ2) is 31.8. The van der Waals surface area contributed by atoms with Gasteiger partial charge in [-0.3, -0.25) is 62.5 Å². The number of carboxylic acid groups (broad SMARTS) is 4. The van der Waals surface area contributed by atoms with E-state index in [2.05, 4.69) is 36.9 Å². The Labute approximate surface area is 466 Å². The zero-order chi connectivity index (χ0) is 61.6. The van der Waals surface area contributed by atoms with Crippen molar-refractivity contribution >= 4 is 83.0 Å². The van der Waals surface area contributed by atoms with Gasteiger partial charge in [0.15, 0.2) is 5.96 Å². The Bertz CT molecular complexity index is 2500. The van der Waals surface area contributed by atoms with E-state index in [1.807, 2.05) is 0 Å². The predicted molar refractivity (Wildman–Crippen MR) is 284 cm³/mol. The number of hydrogen-bond donors (Lipinski definition) is 15. The number of aliphatic imine (C=N–C) groups is 1. The van der Waals surface area contributed by atoms with Crippen LogP contribution < -0.4 is 54.8 Å². The second-order valence-electron chi connectivity index (χ2n) is 21.0. The number of rotatable bonds is 33. The number of carbonyl (C=O) groups is 13. The summed E-state index contributed by atoms with van der Waals surface area (Å²) in [5, 5.41) is 62.0. The molecular formula is C50H77N13O18. The third-order valence-corrected chi connectivity index (χ3v) is 12.6. The number of aromatic hydroxyl groups is 1. The van der Waals surface area contributed by atoms with Crippen molar-refractivity contribution in [2.45, 2.75) is 160 Å². The van der Waals surface area contributed by atoms with Crippen molar-refractivity contribution in [3.05, 3.63) is 29.8 Å². The maximum atomic E-state index is 14.5. The van der Waals surface area contributed by atoms with Crippen LogP contribution in [0, 0.1) is 11.3 Å². The van der Waals surface area contributed by atoms with Gasteiger partial charge in [0.1, 0.15) is 54.1 Å². The van der Waals surface area contributed by atoms with E-state index in [1.54, 1.807) is 34.6 Å². The number of primary amides is 1. The van der Waals surface area contributed by atoms with Crippen molar-refractivity contribution in [3.63, 3.8) is 0 Å². The van der Waals surface area contributed by atoms with Crippen molar-refractivity contribution in [2.75, 3.05) is 20.1 Å². The highest BCUT2D eigenvalue weighted by molar-refractivity contribution is 6.00. The fourth-order valence-corrected chi connectivity index (χ4v) is 8.74. The fraction of sp³-hybridized carbons (Fsp3) is 0.600. The number of hydrogen-bond acceptors (Lipinski definition) is 16. The van der Waals surface area contributed by atoms with Crippen LogP contribution in [0.3, 0.4) is 0 Å². The molecule has 0 unspecified atom stereocenters. The molecule has 1 aliphatic rings. The van der Waals surface area contributed by atoms with E-state index >= 15 is 0 Å². The lowest BCUT2D eigenvalue weighted by atomic mass is 9.84. The maximum Gasteiger partial charge on any atom is 0.326 e. The molecule has 1 heterocycles. The largest absolute Gasteiger partial charge is 0.508 e. The lowest BCUT2D eigenvalue weighted by molar-refractivity contribution is -0.152. The van der Waals surface area contributed by atoms with Gasteiger partial charge in [-0.1, -0.05) is 46.8 Å².